The summed E-state index contributed by atoms with van der Waals surface area (Å²) in [5, 5.41) is 2.64. The monoisotopic (exact) mass is 394 g/mol. The topological polar surface area (TPSA) is 84.5 Å². The smallest absolute Gasteiger partial charge is 0.240 e. The third-order valence-corrected chi connectivity index (χ3v) is 5.38. The molecule has 0 fully saturated rings. The number of aryl methyl sites for hydroxylation is 1. The lowest BCUT2D eigenvalue weighted by atomic mass is 10.1. The van der Waals surface area contributed by atoms with Gasteiger partial charge in [-0.1, -0.05) is 18.2 Å². The lowest BCUT2D eigenvalue weighted by molar-refractivity contribution is -0.116. The van der Waals surface area contributed by atoms with E-state index in [0.29, 0.717) is 11.3 Å². The molecule has 0 aliphatic rings. The average Bonchev–Trinajstić information content (AvgIpc) is 2.60. The number of rotatable bonds is 8. The highest BCUT2D eigenvalue weighted by molar-refractivity contribution is 7.89. The molecule has 2 aromatic carbocycles. The van der Waals surface area contributed by atoms with Gasteiger partial charge in [-0.2, -0.15) is 0 Å². The molecule has 0 radical (unpaired) electrons. The van der Waals surface area contributed by atoms with Gasteiger partial charge in [0.2, 0.25) is 15.9 Å². The van der Waals surface area contributed by atoms with E-state index in [2.05, 4.69) is 10.0 Å². The van der Waals surface area contributed by atoms with Gasteiger partial charge in [-0.05, 0) is 50.1 Å². The molecular formula is C19H23FN2O4S. The maximum atomic E-state index is 13.6. The molecule has 8 heteroatoms. The van der Waals surface area contributed by atoms with Crippen LogP contribution in [0.25, 0.3) is 0 Å². The van der Waals surface area contributed by atoms with E-state index in [1.54, 1.807) is 32.0 Å². The molecule has 0 saturated carbocycles. The molecule has 0 aromatic heterocycles. The Morgan fingerprint density at radius 3 is 2.52 bits per heavy atom. The molecule has 0 heterocycles. The van der Waals surface area contributed by atoms with Crippen LogP contribution in [-0.2, 0) is 21.2 Å². The Kier molecular flexibility index (Phi) is 6.92. The number of benzene rings is 2. The quantitative estimate of drug-likeness (QED) is 0.721. The van der Waals surface area contributed by atoms with E-state index in [4.69, 9.17) is 4.74 Å². The van der Waals surface area contributed by atoms with Crippen LogP contribution < -0.4 is 14.8 Å². The van der Waals surface area contributed by atoms with Gasteiger partial charge in [0.25, 0.3) is 0 Å². The Labute approximate surface area is 158 Å². The predicted octanol–water partition coefficient (Wildman–Crippen LogP) is 3.09. The summed E-state index contributed by atoms with van der Waals surface area (Å²) in [5.74, 6) is -0.406. The van der Waals surface area contributed by atoms with E-state index in [9.17, 15) is 17.6 Å². The van der Waals surface area contributed by atoms with E-state index >= 15 is 0 Å². The maximum absolute atomic E-state index is 13.6. The summed E-state index contributed by atoms with van der Waals surface area (Å²) >= 11 is 0. The van der Waals surface area contributed by atoms with Gasteiger partial charge in [0.05, 0.1) is 17.7 Å². The first-order valence-corrected chi connectivity index (χ1v) is 9.95. The molecule has 1 amide bonds. The summed E-state index contributed by atoms with van der Waals surface area (Å²) in [6.07, 6.45) is 0.277. The second-order valence-corrected chi connectivity index (χ2v) is 7.99. The Hall–Kier alpha value is -2.45. The van der Waals surface area contributed by atoms with Crippen molar-refractivity contribution < 1.29 is 22.3 Å². The number of anilines is 1. The fraction of sp³-hybridized carbons (Fsp3) is 0.316. The number of carbonyl (C=O) groups excluding carboxylic acids is 1. The summed E-state index contributed by atoms with van der Waals surface area (Å²) < 4.78 is 46.0. The Morgan fingerprint density at radius 1 is 1.19 bits per heavy atom. The van der Waals surface area contributed by atoms with Gasteiger partial charge in [0.1, 0.15) is 11.6 Å². The number of carbonyl (C=O) groups is 1. The van der Waals surface area contributed by atoms with Crippen LogP contribution in [0.3, 0.4) is 0 Å². The number of hydrogen-bond acceptors (Lipinski definition) is 4. The van der Waals surface area contributed by atoms with E-state index in [0.717, 1.165) is 0 Å². The van der Waals surface area contributed by atoms with Crippen molar-refractivity contribution in [2.24, 2.45) is 0 Å². The highest BCUT2D eigenvalue weighted by Gasteiger charge is 2.18. The first-order valence-electron chi connectivity index (χ1n) is 8.46. The molecule has 0 saturated heterocycles. The van der Waals surface area contributed by atoms with Crippen molar-refractivity contribution in [2.75, 3.05) is 12.4 Å². The number of nitrogens with one attached hydrogen (secondary N) is 2. The molecular weight excluding hydrogens is 371 g/mol. The first-order chi connectivity index (χ1) is 12.7. The molecule has 2 N–H and O–H groups in total. The molecule has 0 aliphatic carbocycles. The molecule has 146 valence electrons. The van der Waals surface area contributed by atoms with Crippen molar-refractivity contribution in [3.63, 3.8) is 0 Å². The number of amides is 1. The Balaban J connectivity index is 2.15. The fourth-order valence-electron chi connectivity index (χ4n) is 2.49. The molecule has 0 unspecified atom stereocenters. The SMILES string of the molecule is COc1ccc(S(=O)(=O)NC(C)C)cc1NC(=O)CCc1ccccc1F. The minimum atomic E-state index is -3.71. The van der Waals surface area contributed by atoms with Crippen LogP contribution >= 0.6 is 0 Å². The summed E-state index contributed by atoms with van der Waals surface area (Å²) in [7, 11) is -2.29. The standard InChI is InChI=1S/C19H23FN2O4S/c1-13(2)22-27(24,25)15-9-10-18(26-3)17(12-15)21-19(23)11-8-14-6-4-5-7-16(14)20/h4-7,9-10,12-13,22H,8,11H2,1-3H3,(H,21,23). The summed E-state index contributed by atoms with van der Waals surface area (Å²) in [4.78, 5) is 12.3. The summed E-state index contributed by atoms with van der Waals surface area (Å²) in [6.45, 7) is 3.43. The van der Waals surface area contributed by atoms with Crippen molar-refractivity contribution in [3.05, 3.63) is 53.8 Å². The molecule has 2 rings (SSSR count). The fourth-order valence-corrected chi connectivity index (χ4v) is 3.77. The van der Waals surface area contributed by atoms with Crippen LogP contribution in [0.15, 0.2) is 47.4 Å². The van der Waals surface area contributed by atoms with Gasteiger partial charge in [-0.25, -0.2) is 17.5 Å². The van der Waals surface area contributed by atoms with Gasteiger partial charge in [-0.3, -0.25) is 4.79 Å². The number of ether oxygens (including phenoxy) is 1. The minimum Gasteiger partial charge on any atom is -0.495 e. The van der Waals surface area contributed by atoms with Crippen LogP contribution in [-0.4, -0.2) is 27.5 Å². The summed E-state index contributed by atoms with van der Waals surface area (Å²) in [6, 6.07) is 10.2. The molecule has 0 aliphatic heterocycles. The van der Waals surface area contributed by atoms with Crippen LogP contribution in [0.2, 0.25) is 0 Å². The number of halogens is 1. The van der Waals surface area contributed by atoms with Gasteiger partial charge in [-0.15, -0.1) is 0 Å². The lowest BCUT2D eigenvalue weighted by Gasteiger charge is -2.14. The largest absolute Gasteiger partial charge is 0.495 e. The van der Waals surface area contributed by atoms with Crippen molar-refractivity contribution >= 4 is 21.6 Å². The zero-order valence-corrected chi connectivity index (χ0v) is 16.3. The third-order valence-electron chi connectivity index (χ3n) is 3.73. The molecule has 6 nitrogen and oxygen atoms in total. The van der Waals surface area contributed by atoms with Gasteiger partial charge < -0.3 is 10.1 Å². The average molecular weight is 394 g/mol. The minimum absolute atomic E-state index is 0.0152. The maximum Gasteiger partial charge on any atom is 0.240 e. The highest BCUT2D eigenvalue weighted by atomic mass is 32.2. The zero-order chi connectivity index (χ0) is 20.0. The van der Waals surface area contributed by atoms with Gasteiger partial charge in [0, 0.05) is 12.5 Å². The van der Waals surface area contributed by atoms with Crippen molar-refractivity contribution in [3.8, 4) is 5.75 Å². The van der Waals surface area contributed by atoms with E-state index in [-0.39, 0.29) is 41.2 Å². The van der Waals surface area contributed by atoms with Crippen LogP contribution in [0.5, 0.6) is 5.75 Å². The number of methoxy groups -OCH3 is 1. The van der Waals surface area contributed by atoms with Crippen molar-refractivity contribution in [2.45, 2.75) is 37.6 Å². The highest BCUT2D eigenvalue weighted by Crippen LogP contribution is 2.28. The van der Waals surface area contributed by atoms with Crippen molar-refractivity contribution in [1.29, 1.82) is 0 Å². The number of sulfonamides is 1. The Morgan fingerprint density at radius 2 is 1.89 bits per heavy atom. The second kappa shape index (κ2) is 8.96. The van der Waals surface area contributed by atoms with Gasteiger partial charge >= 0.3 is 0 Å². The number of hydrogen-bond donors (Lipinski definition) is 2. The molecule has 0 spiro atoms. The molecule has 0 bridgehead atoms. The second-order valence-electron chi connectivity index (χ2n) is 6.28. The molecule has 27 heavy (non-hydrogen) atoms. The lowest BCUT2D eigenvalue weighted by Crippen LogP contribution is -2.30. The van der Waals surface area contributed by atoms with Crippen molar-refractivity contribution in [1.82, 2.24) is 4.72 Å². The first kappa shape index (κ1) is 20.9. The molecule has 0 atom stereocenters. The van der Waals surface area contributed by atoms with Crippen LogP contribution in [0.4, 0.5) is 10.1 Å². The zero-order valence-electron chi connectivity index (χ0n) is 15.5. The molecule has 2 aromatic rings. The normalized spacial score (nSPS) is 11.4. The van der Waals surface area contributed by atoms with Crippen LogP contribution in [0, 0.1) is 5.82 Å². The predicted molar refractivity (Wildman–Crippen MR) is 102 cm³/mol. The Bertz CT molecular complexity index is 914. The van der Waals surface area contributed by atoms with E-state index in [1.807, 2.05) is 0 Å². The summed E-state index contributed by atoms with van der Waals surface area (Å²) in [5.41, 5.74) is 0.680. The van der Waals surface area contributed by atoms with Crippen LogP contribution in [0.1, 0.15) is 25.8 Å². The van der Waals surface area contributed by atoms with E-state index < -0.39 is 10.0 Å². The van der Waals surface area contributed by atoms with E-state index in [1.165, 1.54) is 31.4 Å². The third kappa shape index (κ3) is 5.77. The van der Waals surface area contributed by atoms with Gasteiger partial charge in [0.15, 0.2) is 0 Å².